The zero-order chi connectivity index (χ0) is 10.4. The van der Waals surface area contributed by atoms with Crippen LogP contribution in [0, 0.1) is 5.92 Å². The second-order valence-corrected chi connectivity index (χ2v) is 3.77. The molecule has 0 saturated heterocycles. The first-order valence-electron chi connectivity index (χ1n) is 5.08. The van der Waals surface area contributed by atoms with Crippen LogP contribution in [0.4, 0.5) is 0 Å². The van der Waals surface area contributed by atoms with Crippen molar-refractivity contribution in [3.05, 3.63) is 35.9 Å². The highest BCUT2D eigenvalue weighted by Crippen LogP contribution is 2.13. The van der Waals surface area contributed by atoms with Crippen LogP contribution >= 0.6 is 0 Å². The lowest BCUT2D eigenvalue weighted by atomic mass is 10.2. The van der Waals surface area contributed by atoms with E-state index in [4.69, 9.17) is 4.74 Å². The van der Waals surface area contributed by atoms with Crippen molar-refractivity contribution in [1.82, 2.24) is 0 Å². The molecule has 1 aromatic carbocycles. The van der Waals surface area contributed by atoms with E-state index in [1.54, 1.807) is 0 Å². The van der Waals surface area contributed by atoms with Gasteiger partial charge in [-0.25, -0.2) is 0 Å². The number of hydrogen-bond donors (Lipinski definition) is 0. The van der Waals surface area contributed by atoms with Gasteiger partial charge in [0.05, 0.1) is 6.61 Å². The maximum Gasteiger partial charge on any atom is 0.119 e. The molecule has 0 atom stereocenters. The Morgan fingerprint density at radius 2 is 1.86 bits per heavy atom. The summed E-state index contributed by atoms with van der Waals surface area (Å²) in [6.45, 7) is 7.09. The molecule has 76 valence electrons. The van der Waals surface area contributed by atoms with E-state index in [-0.39, 0.29) is 0 Å². The number of benzene rings is 1. The fourth-order valence-corrected chi connectivity index (χ4v) is 1.13. The summed E-state index contributed by atoms with van der Waals surface area (Å²) < 4.78 is 5.58. The number of allylic oxidation sites excluding steroid dienone is 1. The Hall–Kier alpha value is -1.24. The quantitative estimate of drug-likeness (QED) is 0.702. The van der Waals surface area contributed by atoms with Gasteiger partial charge in [0.15, 0.2) is 0 Å². The average Bonchev–Trinajstić information content (AvgIpc) is 2.17. The molecule has 1 nitrogen and oxygen atoms in total. The predicted molar refractivity (Wildman–Crippen MR) is 61.5 cm³/mol. The third-order valence-electron chi connectivity index (χ3n) is 1.82. The molecule has 0 amide bonds. The zero-order valence-corrected chi connectivity index (χ0v) is 9.16. The lowest BCUT2D eigenvalue weighted by Gasteiger charge is -2.08. The minimum atomic E-state index is 0.574. The average molecular weight is 190 g/mol. The van der Waals surface area contributed by atoms with E-state index in [0.717, 1.165) is 12.4 Å². The molecule has 0 aliphatic carbocycles. The lowest BCUT2D eigenvalue weighted by molar-refractivity contribution is 0.271. The van der Waals surface area contributed by atoms with Gasteiger partial charge in [-0.3, -0.25) is 0 Å². The summed E-state index contributed by atoms with van der Waals surface area (Å²) in [5.74, 6) is 1.53. The van der Waals surface area contributed by atoms with Crippen molar-refractivity contribution in [2.75, 3.05) is 6.61 Å². The molecule has 0 bridgehead atoms. The summed E-state index contributed by atoms with van der Waals surface area (Å²) in [6.07, 6.45) is 4.11. The fraction of sp³-hybridized carbons (Fsp3) is 0.385. The van der Waals surface area contributed by atoms with Gasteiger partial charge < -0.3 is 4.74 Å². The van der Waals surface area contributed by atoms with Gasteiger partial charge in [0.2, 0.25) is 0 Å². The van der Waals surface area contributed by atoms with E-state index in [1.165, 1.54) is 5.56 Å². The van der Waals surface area contributed by atoms with Crippen molar-refractivity contribution in [2.45, 2.75) is 20.8 Å². The van der Waals surface area contributed by atoms with E-state index < -0.39 is 0 Å². The summed E-state index contributed by atoms with van der Waals surface area (Å²) in [5.41, 5.74) is 1.21. The van der Waals surface area contributed by atoms with Crippen LogP contribution in [-0.2, 0) is 0 Å². The molecular weight excluding hydrogens is 172 g/mol. The van der Waals surface area contributed by atoms with E-state index in [2.05, 4.69) is 32.1 Å². The van der Waals surface area contributed by atoms with Gasteiger partial charge in [0, 0.05) is 0 Å². The second kappa shape index (κ2) is 5.48. The second-order valence-electron chi connectivity index (χ2n) is 3.77. The first-order chi connectivity index (χ1) is 6.72. The summed E-state index contributed by atoms with van der Waals surface area (Å²) >= 11 is 0. The highest BCUT2D eigenvalue weighted by Gasteiger charge is 1.96. The molecule has 0 aliphatic rings. The topological polar surface area (TPSA) is 9.23 Å². The molecule has 0 unspecified atom stereocenters. The molecular formula is C13H18O. The monoisotopic (exact) mass is 190 g/mol. The summed E-state index contributed by atoms with van der Waals surface area (Å²) in [6, 6.07) is 8.15. The van der Waals surface area contributed by atoms with Crippen LogP contribution in [0.3, 0.4) is 0 Å². The third kappa shape index (κ3) is 3.65. The highest BCUT2D eigenvalue weighted by atomic mass is 16.5. The van der Waals surface area contributed by atoms with Crippen LogP contribution < -0.4 is 4.74 Å². The Morgan fingerprint density at radius 3 is 2.36 bits per heavy atom. The first kappa shape index (κ1) is 10.8. The van der Waals surface area contributed by atoms with Crippen molar-refractivity contribution in [1.29, 1.82) is 0 Å². The van der Waals surface area contributed by atoms with Crippen molar-refractivity contribution in [2.24, 2.45) is 5.92 Å². The normalized spacial score (nSPS) is 11.1. The van der Waals surface area contributed by atoms with Crippen LogP contribution in [0.15, 0.2) is 30.3 Å². The van der Waals surface area contributed by atoms with Gasteiger partial charge in [0.1, 0.15) is 5.75 Å². The van der Waals surface area contributed by atoms with Crippen LogP contribution in [0.2, 0.25) is 0 Å². The largest absolute Gasteiger partial charge is 0.493 e. The summed E-state index contributed by atoms with van der Waals surface area (Å²) in [5, 5.41) is 0. The van der Waals surface area contributed by atoms with Crippen molar-refractivity contribution in [3.63, 3.8) is 0 Å². The van der Waals surface area contributed by atoms with Gasteiger partial charge in [0.25, 0.3) is 0 Å². The van der Waals surface area contributed by atoms with E-state index in [0.29, 0.717) is 5.92 Å². The maximum absolute atomic E-state index is 5.58. The highest BCUT2D eigenvalue weighted by molar-refractivity contribution is 5.50. The molecule has 0 saturated carbocycles. The predicted octanol–water partition coefficient (Wildman–Crippen LogP) is 3.75. The van der Waals surface area contributed by atoms with Gasteiger partial charge >= 0.3 is 0 Å². The van der Waals surface area contributed by atoms with Gasteiger partial charge in [-0.15, -0.1) is 0 Å². The van der Waals surface area contributed by atoms with Crippen LogP contribution in [0.5, 0.6) is 5.75 Å². The minimum Gasteiger partial charge on any atom is -0.493 e. The molecule has 0 aliphatic heterocycles. The molecule has 1 aromatic rings. The molecule has 0 N–H and O–H groups in total. The molecule has 0 fully saturated rings. The number of hydrogen-bond acceptors (Lipinski definition) is 1. The van der Waals surface area contributed by atoms with E-state index in [1.807, 2.05) is 25.1 Å². The molecule has 0 radical (unpaired) electrons. The molecule has 0 spiro atoms. The first-order valence-corrected chi connectivity index (χ1v) is 5.08. The Kier molecular flexibility index (Phi) is 4.24. The molecule has 14 heavy (non-hydrogen) atoms. The van der Waals surface area contributed by atoms with Crippen LogP contribution in [0.1, 0.15) is 26.3 Å². The number of ether oxygens (including phenoxy) is 1. The zero-order valence-electron chi connectivity index (χ0n) is 9.16. The summed E-state index contributed by atoms with van der Waals surface area (Å²) in [4.78, 5) is 0. The molecule has 0 aromatic heterocycles. The Labute approximate surface area is 86.4 Å². The van der Waals surface area contributed by atoms with Gasteiger partial charge in [-0.2, -0.15) is 0 Å². The Balaban J connectivity index is 2.55. The van der Waals surface area contributed by atoms with Crippen molar-refractivity contribution in [3.8, 4) is 5.75 Å². The molecule has 0 heterocycles. The van der Waals surface area contributed by atoms with Gasteiger partial charge in [-0.1, -0.05) is 38.1 Å². The Bertz CT molecular complexity index is 283. The van der Waals surface area contributed by atoms with Crippen molar-refractivity contribution < 1.29 is 4.74 Å². The van der Waals surface area contributed by atoms with Crippen molar-refractivity contribution >= 4 is 6.08 Å². The standard InChI is InChI=1S/C13H18O/c1-4-5-12-6-8-13(9-7-12)14-10-11(2)3/h4-9,11H,10H2,1-3H3. The van der Waals surface area contributed by atoms with Gasteiger partial charge in [-0.05, 0) is 30.5 Å². The van der Waals surface area contributed by atoms with Crippen LogP contribution in [0.25, 0.3) is 6.08 Å². The summed E-state index contributed by atoms with van der Waals surface area (Å²) in [7, 11) is 0. The molecule has 1 rings (SSSR count). The third-order valence-corrected chi connectivity index (χ3v) is 1.82. The SMILES string of the molecule is CC=Cc1ccc(OCC(C)C)cc1. The van der Waals surface area contributed by atoms with Crippen LogP contribution in [-0.4, -0.2) is 6.61 Å². The van der Waals surface area contributed by atoms with E-state index in [9.17, 15) is 0 Å². The van der Waals surface area contributed by atoms with E-state index >= 15 is 0 Å². The smallest absolute Gasteiger partial charge is 0.119 e. The Morgan fingerprint density at radius 1 is 1.21 bits per heavy atom. The molecule has 1 heteroatoms. The number of rotatable bonds is 4. The lowest BCUT2D eigenvalue weighted by Crippen LogP contribution is -2.04. The minimum absolute atomic E-state index is 0.574. The fourth-order valence-electron chi connectivity index (χ4n) is 1.13. The maximum atomic E-state index is 5.58.